The number of carbonyl (C=O) groups excluding carboxylic acids is 1. The van der Waals surface area contributed by atoms with Crippen LogP contribution in [0.2, 0.25) is 0 Å². The van der Waals surface area contributed by atoms with Gasteiger partial charge in [-0.05, 0) is 60.5 Å². The molecule has 0 bridgehead atoms. The number of anilines is 3. The summed E-state index contributed by atoms with van der Waals surface area (Å²) in [5.41, 5.74) is 0.153. The molecule has 0 saturated heterocycles. The lowest BCUT2D eigenvalue weighted by Gasteiger charge is -2.34. The van der Waals surface area contributed by atoms with E-state index in [1.807, 2.05) is 18.7 Å². The fourth-order valence-electron chi connectivity index (χ4n) is 4.20. The molecule has 0 aliphatic heterocycles. The van der Waals surface area contributed by atoms with Crippen molar-refractivity contribution in [3.05, 3.63) is 72.7 Å². The van der Waals surface area contributed by atoms with Crippen molar-refractivity contribution in [1.29, 1.82) is 0 Å². The van der Waals surface area contributed by atoms with E-state index >= 15 is 0 Å². The summed E-state index contributed by atoms with van der Waals surface area (Å²) in [7, 11) is -3.53. The Hall–Kier alpha value is -4.51. The number of nitrogens with zero attached hydrogens (tertiary/aromatic N) is 5. The normalized spacial score (nSPS) is 12.2. The molecular weight excluding hydrogens is 655 g/mol. The molecule has 0 aromatic heterocycles. The minimum Gasteiger partial charge on any atom is -0.494 e. The van der Waals surface area contributed by atoms with Crippen molar-refractivity contribution < 1.29 is 31.7 Å². The number of nitrogens with one attached hydrogen (secondary N) is 1. The summed E-state index contributed by atoms with van der Waals surface area (Å²) >= 11 is 3.08. The van der Waals surface area contributed by atoms with Crippen LogP contribution in [0.5, 0.6) is 5.75 Å². The number of azo groups is 1. The number of rotatable bonds is 11. The number of amides is 1. The molecule has 1 atom stereocenters. The van der Waals surface area contributed by atoms with Gasteiger partial charge in [0, 0.05) is 36.3 Å². The standard InChI is InChI=1S/C26H26BrFN6O8S/c1-6-14(2)32(17-7-9-19(10-8-17)43(28,40)41)26-15(3)24(29-16(4)35)21(13-23(26)42-5)30-31-25-20(27)11-18(33(36)37)12-22(25)34(38)39/h7-14H,6H2,1-5H3,(H,29,35). The number of hydrogen-bond acceptors (Lipinski definition) is 11. The molecule has 3 aromatic carbocycles. The highest BCUT2D eigenvalue weighted by atomic mass is 79.9. The molecule has 17 heteroatoms. The maximum Gasteiger partial charge on any atom is 0.332 e. The number of methoxy groups -OCH3 is 1. The molecule has 1 amide bonds. The SMILES string of the molecule is CCC(C)N(c1ccc(S(=O)(=O)F)cc1)c1c(OC)cc(N=Nc2c(Br)cc([N+](=O)[O-])cc2[N+](=O)[O-])c(NC(C)=O)c1C. The zero-order valence-electron chi connectivity index (χ0n) is 23.5. The van der Waals surface area contributed by atoms with Crippen molar-refractivity contribution in [2.24, 2.45) is 10.2 Å². The largest absolute Gasteiger partial charge is 0.494 e. The molecule has 0 heterocycles. The molecule has 0 aliphatic rings. The van der Waals surface area contributed by atoms with Crippen molar-refractivity contribution >= 4 is 71.9 Å². The van der Waals surface area contributed by atoms with Crippen molar-refractivity contribution in [2.75, 3.05) is 17.3 Å². The highest BCUT2D eigenvalue weighted by molar-refractivity contribution is 9.10. The summed E-state index contributed by atoms with van der Waals surface area (Å²) in [5.74, 6) is -0.217. The van der Waals surface area contributed by atoms with Crippen LogP contribution in [0.3, 0.4) is 0 Å². The molecule has 0 saturated carbocycles. The highest BCUT2D eigenvalue weighted by Crippen LogP contribution is 2.48. The predicted octanol–water partition coefficient (Wildman–Crippen LogP) is 7.55. The van der Waals surface area contributed by atoms with E-state index < -0.39 is 42.2 Å². The van der Waals surface area contributed by atoms with E-state index in [1.165, 1.54) is 32.2 Å². The van der Waals surface area contributed by atoms with E-state index in [0.717, 1.165) is 24.3 Å². The molecule has 1 N–H and O–H groups in total. The second-order valence-corrected chi connectivity index (χ2v) is 11.4. The number of halogens is 2. The number of carbonyl (C=O) groups is 1. The lowest BCUT2D eigenvalue weighted by Crippen LogP contribution is -2.29. The quantitative estimate of drug-likeness (QED) is 0.0922. The van der Waals surface area contributed by atoms with Gasteiger partial charge in [-0.25, -0.2) is 0 Å². The molecule has 0 radical (unpaired) electrons. The summed E-state index contributed by atoms with van der Waals surface area (Å²) < 4.78 is 41.9. The van der Waals surface area contributed by atoms with Gasteiger partial charge >= 0.3 is 15.9 Å². The molecular formula is C26H26BrFN6O8S. The molecule has 1 unspecified atom stereocenters. The minimum atomic E-state index is -4.92. The molecule has 43 heavy (non-hydrogen) atoms. The van der Waals surface area contributed by atoms with Gasteiger partial charge in [-0.2, -0.15) is 8.42 Å². The predicted molar refractivity (Wildman–Crippen MR) is 160 cm³/mol. The van der Waals surface area contributed by atoms with Gasteiger partial charge in [-0.1, -0.05) is 6.92 Å². The Kier molecular flexibility index (Phi) is 10.1. The van der Waals surface area contributed by atoms with Gasteiger partial charge in [-0.3, -0.25) is 25.0 Å². The van der Waals surface area contributed by atoms with E-state index in [9.17, 15) is 37.3 Å². The summed E-state index contributed by atoms with van der Waals surface area (Å²) in [6.07, 6.45) is 0.612. The van der Waals surface area contributed by atoms with Crippen LogP contribution in [0.15, 0.2) is 62.1 Å². The zero-order valence-corrected chi connectivity index (χ0v) is 25.9. The number of hydrogen-bond donors (Lipinski definition) is 1. The second kappa shape index (κ2) is 13.2. The van der Waals surface area contributed by atoms with Crippen LogP contribution >= 0.6 is 15.9 Å². The van der Waals surface area contributed by atoms with Gasteiger partial charge < -0.3 is 15.0 Å². The number of nitro benzene ring substituents is 2. The Morgan fingerprint density at radius 2 is 1.77 bits per heavy atom. The molecule has 0 spiro atoms. The maximum atomic E-state index is 13.6. The summed E-state index contributed by atoms with van der Waals surface area (Å²) in [6, 6.07) is 8.18. The first-order valence-electron chi connectivity index (χ1n) is 12.5. The van der Waals surface area contributed by atoms with Gasteiger partial charge in [0.15, 0.2) is 5.69 Å². The number of non-ortho nitro benzene ring substituents is 1. The van der Waals surface area contributed by atoms with Crippen molar-refractivity contribution in [2.45, 2.75) is 45.1 Å². The fourth-order valence-corrected chi connectivity index (χ4v) is 5.18. The van der Waals surface area contributed by atoms with Gasteiger partial charge in [0.25, 0.3) is 5.69 Å². The average Bonchev–Trinajstić information content (AvgIpc) is 2.93. The second-order valence-electron chi connectivity index (χ2n) is 9.20. The van der Waals surface area contributed by atoms with Crippen LogP contribution in [-0.2, 0) is 15.0 Å². The first kappa shape index (κ1) is 33.0. The minimum absolute atomic E-state index is 0.0517. The third kappa shape index (κ3) is 7.29. The third-order valence-electron chi connectivity index (χ3n) is 6.37. The average molecular weight is 681 g/mol. The van der Waals surface area contributed by atoms with E-state index in [1.54, 1.807) is 6.92 Å². The molecule has 14 nitrogen and oxygen atoms in total. The van der Waals surface area contributed by atoms with Gasteiger partial charge in [0.1, 0.15) is 11.4 Å². The first-order chi connectivity index (χ1) is 20.1. The van der Waals surface area contributed by atoms with Crippen LogP contribution in [0.1, 0.15) is 32.8 Å². The monoisotopic (exact) mass is 680 g/mol. The number of benzene rings is 3. The number of nitro groups is 2. The number of ether oxygens (including phenoxy) is 1. The van der Waals surface area contributed by atoms with Crippen LogP contribution in [-0.4, -0.2) is 37.3 Å². The van der Waals surface area contributed by atoms with Gasteiger partial charge in [0.05, 0.1) is 43.8 Å². The van der Waals surface area contributed by atoms with Crippen molar-refractivity contribution in [3.8, 4) is 5.75 Å². The third-order valence-corrected chi connectivity index (χ3v) is 7.81. The smallest absolute Gasteiger partial charge is 0.332 e. The Balaban J connectivity index is 2.29. The fraction of sp³-hybridized carbons (Fsp3) is 0.269. The van der Waals surface area contributed by atoms with E-state index in [2.05, 4.69) is 31.5 Å². The molecule has 0 aliphatic carbocycles. The van der Waals surface area contributed by atoms with Gasteiger partial charge in [0.2, 0.25) is 5.91 Å². The van der Waals surface area contributed by atoms with Crippen LogP contribution in [0, 0.1) is 27.2 Å². The summed E-state index contributed by atoms with van der Waals surface area (Å²) in [5, 5.41) is 33.7. The Bertz CT molecular complexity index is 1730. The lowest BCUT2D eigenvalue weighted by atomic mass is 10.0. The van der Waals surface area contributed by atoms with Crippen molar-refractivity contribution in [3.63, 3.8) is 0 Å². The first-order valence-corrected chi connectivity index (χ1v) is 14.7. The summed E-state index contributed by atoms with van der Waals surface area (Å²) in [6.45, 7) is 6.76. The van der Waals surface area contributed by atoms with Gasteiger partial charge in [-0.15, -0.1) is 14.1 Å². The molecule has 3 rings (SSSR count). The highest BCUT2D eigenvalue weighted by Gasteiger charge is 2.27. The van der Waals surface area contributed by atoms with Crippen molar-refractivity contribution in [1.82, 2.24) is 0 Å². The van der Waals surface area contributed by atoms with E-state index in [0.29, 0.717) is 23.4 Å². The van der Waals surface area contributed by atoms with E-state index in [4.69, 9.17) is 4.74 Å². The Morgan fingerprint density at radius 3 is 2.26 bits per heavy atom. The van der Waals surface area contributed by atoms with Crippen LogP contribution in [0.25, 0.3) is 0 Å². The lowest BCUT2D eigenvalue weighted by molar-refractivity contribution is -0.393. The van der Waals surface area contributed by atoms with Crippen LogP contribution < -0.4 is 15.0 Å². The zero-order chi connectivity index (χ0) is 32.2. The molecule has 228 valence electrons. The topological polar surface area (TPSA) is 187 Å². The van der Waals surface area contributed by atoms with Crippen LogP contribution in [0.4, 0.5) is 43.7 Å². The molecule has 3 aromatic rings. The molecule has 0 fully saturated rings. The summed E-state index contributed by atoms with van der Waals surface area (Å²) in [4.78, 5) is 34.8. The Morgan fingerprint density at radius 1 is 1.14 bits per heavy atom. The maximum absolute atomic E-state index is 13.6. The van der Waals surface area contributed by atoms with E-state index in [-0.39, 0.29) is 33.3 Å². The Labute approximate surface area is 254 Å².